The van der Waals surface area contributed by atoms with Gasteiger partial charge in [-0.2, -0.15) is 0 Å². The predicted octanol–water partition coefficient (Wildman–Crippen LogP) is 4.86. The number of hydrogen-bond acceptors (Lipinski definition) is 1. The van der Waals surface area contributed by atoms with Gasteiger partial charge in [0.2, 0.25) is 0 Å². The van der Waals surface area contributed by atoms with Crippen molar-refractivity contribution in [2.24, 2.45) is 0 Å². The quantitative estimate of drug-likeness (QED) is 0.636. The van der Waals surface area contributed by atoms with E-state index in [1.165, 1.54) is 29.7 Å². The molecule has 0 radical (unpaired) electrons. The van der Waals surface area contributed by atoms with E-state index in [1.54, 1.807) is 0 Å². The molecule has 0 aromatic carbocycles. The molecule has 1 aromatic heterocycles. The number of rotatable bonds is 1. The Morgan fingerprint density at radius 3 is 2.50 bits per heavy atom. The second kappa shape index (κ2) is 4.37. The van der Waals surface area contributed by atoms with E-state index >= 15 is 0 Å². The van der Waals surface area contributed by atoms with E-state index in [4.69, 9.17) is 11.6 Å². The molecule has 0 bridgehead atoms. The van der Waals surface area contributed by atoms with Crippen LogP contribution in [0.25, 0.3) is 0 Å². The maximum atomic E-state index is 6.26. The zero-order chi connectivity index (χ0) is 11.9. The smallest absolute Gasteiger partial charge is 0.132 e. The molecule has 2 atom stereocenters. The van der Waals surface area contributed by atoms with Crippen LogP contribution in [-0.4, -0.2) is 4.98 Å². The number of pyridine rings is 1. The van der Waals surface area contributed by atoms with Gasteiger partial charge in [0.15, 0.2) is 0 Å². The first-order chi connectivity index (χ1) is 7.50. The molecule has 0 N–H and O–H groups in total. The topological polar surface area (TPSA) is 12.9 Å². The molecule has 0 spiro atoms. The van der Waals surface area contributed by atoms with Crippen LogP contribution in [0.4, 0.5) is 0 Å². The highest BCUT2D eigenvalue weighted by atomic mass is 35.5. The summed E-state index contributed by atoms with van der Waals surface area (Å²) in [4.78, 5) is 4.63. The summed E-state index contributed by atoms with van der Waals surface area (Å²) >= 11 is 6.26. The minimum absolute atomic E-state index is 0.453. The third-order valence-electron chi connectivity index (χ3n) is 3.72. The van der Waals surface area contributed by atoms with Crippen molar-refractivity contribution in [2.45, 2.75) is 58.3 Å². The fourth-order valence-electron chi connectivity index (χ4n) is 2.52. The fraction of sp³-hybridized carbons (Fsp3) is 0.643. The van der Waals surface area contributed by atoms with Gasteiger partial charge in [-0.05, 0) is 41.7 Å². The zero-order valence-corrected chi connectivity index (χ0v) is 11.3. The molecule has 2 rings (SSSR count). The van der Waals surface area contributed by atoms with Gasteiger partial charge in [0.25, 0.3) is 0 Å². The molecule has 1 aromatic rings. The molecule has 2 heteroatoms. The SMILES string of the molecule is CC(C)c1cc2c(nc1Cl)C(C)CCC2C. The van der Waals surface area contributed by atoms with Crippen LogP contribution >= 0.6 is 11.6 Å². The van der Waals surface area contributed by atoms with Crippen molar-refractivity contribution in [3.8, 4) is 0 Å². The molecule has 0 saturated heterocycles. The molecule has 1 aliphatic rings. The third kappa shape index (κ3) is 1.98. The van der Waals surface area contributed by atoms with Crippen molar-refractivity contribution < 1.29 is 0 Å². The van der Waals surface area contributed by atoms with E-state index in [-0.39, 0.29) is 0 Å². The van der Waals surface area contributed by atoms with Gasteiger partial charge >= 0.3 is 0 Å². The molecule has 2 unspecified atom stereocenters. The van der Waals surface area contributed by atoms with E-state index in [9.17, 15) is 0 Å². The second-order valence-electron chi connectivity index (χ2n) is 5.38. The maximum Gasteiger partial charge on any atom is 0.132 e. The molecule has 0 amide bonds. The van der Waals surface area contributed by atoms with Crippen LogP contribution in [0.2, 0.25) is 5.15 Å². The summed E-state index contributed by atoms with van der Waals surface area (Å²) in [6.07, 6.45) is 2.51. The largest absolute Gasteiger partial charge is 0.240 e. The van der Waals surface area contributed by atoms with Crippen LogP contribution in [-0.2, 0) is 0 Å². The lowest BCUT2D eigenvalue weighted by atomic mass is 9.80. The highest BCUT2D eigenvalue weighted by molar-refractivity contribution is 6.30. The Hall–Kier alpha value is -0.560. The molecule has 1 heterocycles. The first kappa shape index (κ1) is 11.9. The highest BCUT2D eigenvalue weighted by Gasteiger charge is 2.25. The van der Waals surface area contributed by atoms with Gasteiger partial charge in [-0.15, -0.1) is 0 Å². The van der Waals surface area contributed by atoms with Crippen LogP contribution in [0.1, 0.15) is 75.1 Å². The van der Waals surface area contributed by atoms with Crippen molar-refractivity contribution in [1.29, 1.82) is 0 Å². The van der Waals surface area contributed by atoms with Crippen LogP contribution in [0.5, 0.6) is 0 Å². The fourth-order valence-corrected chi connectivity index (χ4v) is 2.89. The van der Waals surface area contributed by atoms with Gasteiger partial charge in [0.05, 0.1) is 0 Å². The maximum absolute atomic E-state index is 6.26. The number of hydrogen-bond donors (Lipinski definition) is 0. The van der Waals surface area contributed by atoms with E-state index in [0.29, 0.717) is 22.9 Å². The standard InChI is InChI=1S/C14H20ClN/c1-8(2)11-7-12-9(3)5-6-10(4)13(12)16-14(11)15/h7-10H,5-6H2,1-4H3. The predicted molar refractivity (Wildman–Crippen MR) is 69.4 cm³/mol. The number of aromatic nitrogens is 1. The molecule has 16 heavy (non-hydrogen) atoms. The Bertz CT molecular complexity index is 398. The summed E-state index contributed by atoms with van der Waals surface area (Å²) in [6, 6.07) is 2.29. The first-order valence-corrected chi connectivity index (χ1v) is 6.58. The molecule has 1 nitrogen and oxygen atoms in total. The average molecular weight is 238 g/mol. The minimum atomic E-state index is 0.453. The monoisotopic (exact) mass is 237 g/mol. The van der Waals surface area contributed by atoms with Crippen molar-refractivity contribution in [3.05, 3.63) is 28.0 Å². The lowest BCUT2D eigenvalue weighted by molar-refractivity contribution is 0.513. The number of halogens is 1. The lowest BCUT2D eigenvalue weighted by Gasteiger charge is -2.28. The van der Waals surface area contributed by atoms with Gasteiger partial charge in [-0.3, -0.25) is 0 Å². The van der Waals surface area contributed by atoms with Crippen LogP contribution in [0, 0.1) is 0 Å². The van der Waals surface area contributed by atoms with Crippen LogP contribution in [0.15, 0.2) is 6.07 Å². The summed E-state index contributed by atoms with van der Waals surface area (Å²) in [6.45, 7) is 8.89. The third-order valence-corrected chi connectivity index (χ3v) is 4.02. The van der Waals surface area contributed by atoms with Gasteiger partial charge in [-0.1, -0.05) is 45.4 Å². The molecule has 88 valence electrons. The van der Waals surface area contributed by atoms with Crippen LogP contribution < -0.4 is 0 Å². The molecular weight excluding hydrogens is 218 g/mol. The van der Waals surface area contributed by atoms with Gasteiger partial charge in [0, 0.05) is 5.69 Å². The molecular formula is C14H20ClN. The Morgan fingerprint density at radius 1 is 1.25 bits per heavy atom. The van der Waals surface area contributed by atoms with Crippen molar-refractivity contribution >= 4 is 11.6 Å². The normalized spacial score (nSPS) is 24.6. The number of nitrogens with zero attached hydrogens (tertiary/aromatic N) is 1. The first-order valence-electron chi connectivity index (χ1n) is 6.21. The number of fused-ring (bicyclic) bond motifs is 1. The summed E-state index contributed by atoms with van der Waals surface area (Å²) in [5, 5.41) is 0.703. The zero-order valence-electron chi connectivity index (χ0n) is 10.5. The van der Waals surface area contributed by atoms with Gasteiger partial charge < -0.3 is 0 Å². The van der Waals surface area contributed by atoms with Crippen LogP contribution in [0.3, 0.4) is 0 Å². The summed E-state index contributed by atoms with van der Waals surface area (Å²) < 4.78 is 0. The Kier molecular flexibility index (Phi) is 3.25. The Labute approximate surface area is 103 Å². The lowest BCUT2D eigenvalue weighted by Crippen LogP contribution is -2.14. The van der Waals surface area contributed by atoms with Gasteiger partial charge in [-0.25, -0.2) is 4.98 Å². The van der Waals surface area contributed by atoms with Crippen molar-refractivity contribution in [2.75, 3.05) is 0 Å². The van der Waals surface area contributed by atoms with E-state index in [1.807, 2.05) is 0 Å². The van der Waals surface area contributed by atoms with E-state index in [2.05, 4.69) is 38.7 Å². The highest BCUT2D eigenvalue weighted by Crippen LogP contribution is 2.39. The minimum Gasteiger partial charge on any atom is -0.240 e. The average Bonchev–Trinajstić information content (AvgIpc) is 2.23. The summed E-state index contributed by atoms with van der Waals surface area (Å²) in [5.41, 5.74) is 3.85. The van der Waals surface area contributed by atoms with E-state index in [0.717, 1.165) is 0 Å². The van der Waals surface area contributed by atoms with Crippen molar-refractivity contribution in [3.63, 3.8) is 0 Å². The van der Waals surface area contributed by atoms with Gasteiger partial charge in [0.1, 0.15) is 5.15 Å². The molecule has 0 fully saturated rings. The Balaban J connectivity index is 2.55. The summed E-state index contributed by atoms with van der Waals surface area (Å²) in [5.74, 6) is 1.65. The second-order valence-corrected chi connectivity index (χ2v) is 5.74. The van der Waals surface area contributed by atoms with Crippen molar-refractivity contribution in [1.82, 2.24) is 4.98 Å². The summed E-state index contributed by atoms with van der Waals surface area (Å²) in [7, 11) is 0. The molecule has 1 aliphatic carbocycles. The van der Waals surface area contributed by atoms with E-state index < -0.39 is 0 Å². The Morgan fingerprint density at radius 2 is 1.88 bits per heavy atom. The molecule has 0 saturated carbocycles. The molecule has 0 aliphatic heterocycles.